The molecule has 1 atom stereocenters. The van der Waals surface area contributed by atoms with Gasteiger partial charge >= 0.3 is 12.0 Å². The molecule has 1 unspecified atom stereocenters. The Kier molecular flexibility index (Phi) is 8.46. The largest absolute Gasteiger partial charge is 0.494 e. The Morgan fingerprint density at radius 3 is 2.66 bits per heavy atom. The number of urea groups is 1. The number of imide groups is 1. The minimum atomic E-state index is -0.827. The van der Waals surface area contributed by atoms with Crippen LogP contribution in [-0.4, -0.2) is 58.2 Å². The van der Waals surface area contributed by atoms with Gasteiger partial charge in [-0.25, -0.2) is 9.69 Å². The highest BCUT2D eigenvalue weighted by molar-refractivity contribution is 6.31. The summed E-state index contributed by atoms with van der Waals surface area (Å²) in [4.78, 5) is 51.6. The molecule has 2 fully saturated rings. The van der Waals surface area contributed by atoms with E-state index in [9.17, 15) is 24.3 Å². The van der Waals surface area contributed by atoms with Crippen LogP contribution in [0.15, 0.2) is 42.6 Å². The molecule has 0 bridgehead atoms. The molecule has 0 aliphatic carbocycles. The Balaban J connectivity index is 1.23. The van der Waals surface area contributed by atoms with Gasteiger partial charge in [0.2, 0.25) is 5.91 Å². The lowest BCUT2D eigenvalue weighted by Crippen LogP contribution is -2.47. The summed E-state index contributed by atoms with van der Waals surface area (Å²) in [6.45, 7) is 3.10. The van der Waals surface area contributed by atoms with Crippen molar-refractivity contribution in [1.29, 1.82) is 0 Å². The van der Waals surface area contributed by atoms with Gasteiger partial charge in [-0.05, 0) is 74.7 Å². The molecule has 2 aromatic carbocycles. The lowest BCUT2D eigenvalue weighted by molar-refractivity contribution is -0.166. The maximum absolute atomic E-state index is 13.3. The van der Waals surface area contributed by atoms with Gasteiger partial charge in [-0.2, -0.15) is 0 Å². The summed E-state index contributed by atoms with van der Waals surface area (Å²) >= 11 is 6.12. The fraction of sp³-hybridized carbons (Fsp3) is 0.379. The third kappa shape index (κ3) is 6.31. The monoisotopic (exact) mass is 581 g/mol. The number of aromatic hydroxyl groups is 1. The number of halogens is 1. The van der Waals surface area contributed by atoms with Crippen molar-refractivity contribution in [1.82, 2.24) is 20.1 Å². The molecule has 216 valence electrons. The number of rotatable bonds is 7. The maximum atomic E-state index is 13.3. The lowest BCUT2D eigenvalue weighted by Gasteiger charge is -2.31. The molecule has 4 N–H and O–H groups in total. The summed E-state index contributed by atoms with van der Waals surface area (Å²) < 4.78 is 6.80. The normalized spacial score (nSPS) is 18.0. The summed E-state index contributed by atoms with van der Waals surface area (Å²) in [5.41, 5.74) is 2.26. The average molecular weight is 582 g/mol. The number of amides is 4. The van der Waals surface area contributed by atoms with Crippen molar-refractivity contribution in [3.8, 4) is 5.88 Å². The van der Waals surface area contributed by atoms with Crippen molar-refractivity contribution >= 4 is 51.9 Å². The number of aromatic nitrogens is 1. The first-order chi connectivity index (χ1) is 19.7. The molecule has 3 heterocycles. The lowest BCUT2D eigenvalue weighted by atomic mass is 9.99. The number of anilines is 1. The van der Waals surface area contributed by atoms with Gasteiger partial charge in [0, 0.05) is 40.6 Å². The Morgan fingerprint density at radius 1 is 1.12 bits per heavy atom. The smallest absolute Gasteiger partial charge is 0.319 e. The fourth-order valence-corrected chi connectivity index (χ4v) is 5.35. The number of benzene rings is 2. The first-order valence-electron chi connectivity index (χ1n) is 13.6. The molecule has 11 nitrogen and oxygen atoms in total. The number of fused-ring (bicyclic) bond motifs is 1. The number of hydrogen-bond donors (Lipinski definition) is 4. The van der Waals surface area contributed by atoms with Gasteiger partial charge in [-0.1, -0.05) is 23.7 Å². The predicted molar refractivity (Wildman–Crippen MR) is 152 cm³/mol. The Labute approximate surface area is 241 Å². The molecule has 2 aliphatic heterocycles. The zero-order chi connectivity index (χ0) is 29.1. The molecule has 12 heteroatoms. The minimum absolute atomic E-state index is 0.0751. The van der Waals surface area contributed by atoms with Gasteiger partial charge in [0.05, 0.1) is 5.92 Å². The standard InChI is InChI=1S/C29H32ClN5O6/c1-17-2-4-21(13-23(17)30)33-29(40)32-14-18-3-5-22-20(12-18)15-34(26(22)37)24-6-7-25(36)35(27(24)38)16-41-28(39)19-8-10-31-11-9-19/h2-5,12-13,15,19,24,31,37H,6-11,14,16H2,1H3,(H2,32,33,40). The predicted octanol–water partition coefficient (Wildman–Crippen LogP) is 3.82. The molecule has 0 spiro atoms. The molecule has 5 rings (SSSR count). The molecule has 41 heavy (non-hydrogen) atoms. The zero-order valence-corrected chi connectivity index (χ0v) is 23.4. The van der Waals surface area contributed by atoms with Crippen LogP contribution in [0.4, 0.5) is 10.5 Å². The van der Waals surface area contributed by atoms with Gasteiger partial charge in [-0.3, -0.25) is 14.4 Å². The molecule has 2 saturated heterocycles. The van der Waals surface area contributed by atoms with E-state index >= 15 is 0 Å². The second kappa shape index (κ2) is 12.2. The van der Waals surface area contributed by atoms with Crippen LogP contribution in [0.5, 0.6) is 5.88 Å². The Bertz CT molecular complexity index is 1500. The number of ether oxygens (including phenoxy) is 1. The van der Waals surface area contributed by atoms with Crippen LogP contribution in [0.3, 0.4) is 0 Å². The maximum Gasteiger partial charge on any atom is 0.319 e. The molecule has 0 saturated carbocycles. The van der Waals surface area contributed by atoms with Crippen molar-refractivity contribution in [2.75, 3.05) is 25.1 Å². The van der Waals surface area contributed by atoms with E-state index in [0.29, 0.717) is 34.3 Å². The highest BCUT2D eigenvalue weighted by Crippen LogP contribution is 2.35. The quantitative estimate of drug-likeness (QED) is 0.245. The number of aryl methyl sites for hydroxylation is 1. The summed E-state index contributed by atoms with van der Waals surface area (Å²) in [5, 5.41) is 21.4. The number of carbonyl (C=O) groups excluding carboxylic acids is 4. The van der Waals surface area contributed by atoms with Crippen molar-refractivity contribution in [2.45, 2.75) is 45.2 Å². The fourth-order valence-electron chi connectivity index (χ4n) is 5.17. The van der Waals surface area contributed by atoms with Crippen LogP contribution in [0.1, 0.15) is 42.9 Å². The number of carbonyl (C=O) groups is 4. The summed E-state index contributed by atoms with van der Waals surface area (Å²) in [6.07, 6.45) is 3.24. The van der Waals surface area contributed by atoms with Crippen LogP contribution in [0, 0.1) is 12.8 Å². The van der Waals surface area contributed by atoms with Gasteiger partial charge < -0.3 is 30.4 Å². The van der Waals surface area contributed by atoms with E-state index in [1.165, 1.54) is 4.57 Å². The summed E-state index contributed by atoms with van der Waals surface area (Å²) in [6, 6.07) is 9.32. The van der Waals surface area contributed by atoms with Gasteiger partial charge in [-0.15, -0.1) is 0 Å². The molecule has 3 aromatic rings. The topological polar surface area (TPSA) is 142 Å². The minimum Gasteiger partial charge on any atom is -0.494 e. The molecule has 2 aliphatic rings. The van der Waals surface area contributed by atoms with Crippen LogP contribution < -0.4 is 16.0 Å². The number of piperidine rings is 2. The SMILES string of the molecule is Cc1ccc(NC(=O)NCc2ccc3c(O)n(C4CCC(=O)N(COC(=O)C5CCNCC5)C4=O)cc3c2)cc1Cl. The van der Waals surface area contributed by atoms with Gasteiger partial charge in [0.15, 0.2) is 12.6 Å². The number of nitrogens with one attached hydrogen (secondary N) is 3. The van der Waals surface area contributed by atoms with Crippen LogP contribution in [0.25, 0.3) is 10.8 Å². The van der Waals surface area contributed by atoms with Gasteiger partial charge in [0.25, 0.3) is 5.91 Å². The number of hydrogen-bond acceptors (Lipinski definition) is 7. The number of esters is 1. The second-order valence-electron chi connectivity index (χ2n) is 10.4. The van der Waals surface area contributed by atoms with E-state index in [1.54, 1.807) is 30.5 Å². The van der Waals surface area contributed by atoms with Crippen molar-refractivity contribution in [2.24, 2.45) is 5.92 Å². The highest BCUT2D eigenvalue weighted by Gasteiger charge is 2.37. The molecule has 1 aromatic heterocycles. The summed E-state index contributed by atoms with van der Waals surface area (Å²) in [5.74, 6) is -1.73. The molecular weight excluding hydrogens is 550 g/mol. The average Bonchev–Trinajstić information content (AvgIpc) is 3.29. The first-order valence-corrected chi connectivity index (χ1v) is 13.9. The molecule has 0 radical (unpaired) electrons. The van der Waals surface area contributed by atoms with Crippen molar-refractivity contribution < 1.29 is 29.0 Å². The van der Waals surface area contributed by atoms with Crippen molar-refractivity contribution in [3.63, 3.8) is 0 Å². The van der Waals surface area contributed by atoms with Crippen LogP contribution in [0.2, 0.25) is 5.02 Å². The van der Waals surface area contributed by atoms with E-state index in [-0.39, 0.29) is 31.2 Å². The van der Waals surface area contributed by atoms with Gasteiger partial charge in [0.1, 0.15) is 6.04 Å². The Hall–Kier alpha value is -4.09. The Morgan fingerprint density at radius 2 is 1.90 bits per heavy atom. The van der Waals surface area contributed by atoms with E-state index in [0.717, 1.165) is 29.1 Å². The summed E-state index contributed by atoms with van der Waals surface area (Å²) in [7, 11) is 0. The number of likely N-dealkylation sites (tertiary alicyclic amines) is 1. The third-order valence-electron chi connectivity index (χ3n) is 7.59. The molecule has 4 amide bonds. The van der Waals surface area contributed by atoms with E-state index in [4.69, 9.17) is 16.3 Å². The van der Waals surface area contributed by atoms with Crippen LogP contribution >= 0.6 is 11.6 Å². The van der Waals surface area contributed by atoms with E-state index < -0.39 is 36.6 Å². The number of nitrogens with zero attached hydrogens (tertiary/aromatic N) is 2. The zero-order valence-electron chi connectivity index (χ0n) is 22.6. The van der Waals surface area contributed by atoms with Crippen LogP contribution in [-0.2, 0) is 25.7 Å². The highest BCUT2D eigenvalue weighted by atomic mass is 35.5. The van der Waals surface area contributed by atoms with E-state index in [2.05, 4.69) is 16.0 Å². The van der Waals surface area contributed by atoms with E-state index in [1.807, 2.05) is 19.1 Å². The third-order valence-corrected chi connectivity index (χ3v) is 8.00. The van der Waals surface area contributed by atoms with Crippen molar-refractivity contribution in [3.05, 3.63) is 58.7 Å². The second-order valence-corrected chi connectivity index (χ2v) is 10.8. The first kappa shape index (κ1) is 28.4. The molecular formula is C29H32ClN5O6.